The Bertz CT molecular complexity index is 661. The van der Waals surface area contributed by atoms with E-state index in [9.17, 15) is 4.79 Å². The third-order valence-electron chi connectivity index (χ3n) is 4.11. The molecule has 0 radical (unpaired) electrons. The second kappa shape index (κ2) is 10.0. The molecule has 0 spiro atoms. The molecule has 0 fully saturated rings. The lowest BCUT2D eigenvalue weighted by atomic mass is 9.83. The highest BCUT2D eigenvalue weighted by Crippen LogP contribution is 2.32. The zero-order chi connectivity index (χ0) is 17.9. The molecular formula is C18H21N3O3. The lowest BCUT2D eigenvalue weighted by Gasteiger charge is -2.24. The van der Waals surface area contributed by atoms with Crippen molar-refractivity contribution in [2.75, 3.05) is 0 Å². The Hall–Kier alpha value is -2.82. The number of nitriles is 2. The van der Waals surface area contributed by atoms with Crippen LogP contribution in [0.25, 0.3) is 0 Å². The predicted molar refractivity (Wildman–Crippen MR) is 87.2 cm³/mol. The van der Waals surface area contributed by atoms with Gasteiger partial charge in [-0.25, -0.2) is 9.79 Å². The molecule has 0 aliphatic carbocycles. The van der Waals surface area contributed by atoms with E-state index in [1.807, 2.05) is 20.8 Å². The first-order chi connectivity index (χ1) is 11.7. The maximum Gasteiger partial charge on any atom is 0.286 e. The molecule has 24 heavy (non-hydrogen) atoms. The molecule has 0 unspecified atom stereocenters. The molecular weight excluding hydrogens is 306 g/mol. The number of nitrogens with zero attached hydrogens (tertiary/aromatic N) is 3. The molecule has 1 rings (SSSR count). The van der Waals surface area contributed by atoms with E-state index in [0.29, 0.717) is 0 Å². The van der Waals surface area contributed by atoms with Crippen molar-refractivity contribution in [3.05, 3.63) is 33.4 Å². The molecule has 1 aromatic rings. The van der Waals surface area contributed by atoms with Crippen molar-refractivity contribution >= 4 is 6.08 Å². The molecule has 0 aliphatic heterocycles. The van der Waals surface area contributed by atoms with Crippen molar-refractivity contribution in [2.45, 2.75) is 59.8 Å². The molecule has 126 valence electrons. The Labute approximate surface area is 142 Å². The number of aliphatic imine (C=N–C) groups is 1. The molecule has 0 saturated heterocycles. The van der Waals surface area contributed by atoms with Crippen LogP contribution in [0.15, 0.2) is 4.99 Å². The van der Waals surface area contributed by atoms with Gasteiger partial charge in [-0.15, -0.1) is 0 Å². The summed E-state index contributed by atoms with van der Waals surface area (Å²) in [5.74, 6) is 0. The summed E-state index contributed by atoms with van der Waals surface area (Å²) in [6, 6.07) is 0. The first-order valence-corrected chi connectivity index (χ1v) is 7.92. The summed E-state index contributed by atoms with van der Waals surface area (Å²) in [5.41, 5.74) is 5.90. The van der Waals surface area contributed by atoms with Crippen LogP contribution in [-0.2, 0) is 53.3 Å². The van der Waals surface area contributed by atoms with Gasteiger partial charge in [-0.05, 0) is 52.6 Å². The van der Waals surface area contributed by atoms with Crippen molar-refractivity contribution in [3.8, 4) is 12.5 Å². The Morgan fingerprint density at radius 2 is 1.21 bits per heavy atom. The largest absolute Gasteiger partial charge is 0.423 e. The van der Waals surface area contributed by atoms with E-state index in [0.717, 1.165) is 52.6 Å². The van der Waals surface area contributed by atoms with Crippen LogP contribution in [0.1, 0.15) is 54.2 Å². The van der Waals surface area contributed by atoms with E-state index in [-0.39, 0.29) is 19.8 Å². The Balaban J connectivity index is 3.74. The first kappa shape index (κ1) is 19.2. The SMILES string of the molecule is CCc1c(CN=C=O)c(CC)c(COC#N)c(CC)c1COC#N. The van der Waals surface area contributed by atoms with Crippen molar-refractivity contribution < 1.29 is 14.3 Å². The molecule has 1 aromatic carbocycles. The molecule has 6 nitrogen and oxygen atoms in total. The van der Waals surface area contributed by atoms with Gasteiger partial charge in [0.2, 0.25) is 6.08 Å². The van der Waals surface area contributed by atoms with Gasteiger partial charge in [0, 0.05) is 0 Å². The molecule has 0 amide bonds. The van der Waals surface area contributed by atoms with E-state index >= 15 is 0 Å². The number of hydrogen-bond donors (Lipinski definition) is 0. The van der Waals surface area contributed by atoms with Crippen LogP contribution in [0.3, 0.4) is 0 Å². The van der Waals surface area contributed by atoms with E-state index in [4.69, 9.17) is 20.0 Å². The molecule has 0 bridgehead atoms. The van der Waals surface area contributed by atoms with Gasteiger partial charge in [0.05, 0.1) is 6.54 Å². The minimum atomic E-state index is 0.157. The molecule has 0 atom stereocenters. The zero-order valence-electron chi connectivity index (χ0n) is 14.3. The van der Waals surface area contributed by atoms with Crippen LogP contribution in [0.4, 0.5) is 0 Å². The van der Waals surface area contributed by atoms with E-state index in [2.05, 4.69) is 4.99 Å². The standard InChI is InChI=1S/C18H21N3O3/c1-4-13-16(7-21-12-22)14(5-2)18(9-24-11-20)15(6-3)17(13)8-23-10-19/h4-9H2,1-3H3. The highest BCUT2D eigenvalue weighted by molar-refractivity contribution is 5.52. The fraction of sp³-hybridized carbons (Fsp3) is 0.500. The molecule has 0 heterocycles. The Morgan fingerprint density at radius 1 is 0.792 bits per heavy atom. The molecule has 0 saturated carbocycles. The average molecular weight is 327 g/mol. The summed E-state index contributed by atoms with van der Waals surface area (Å²) in [6.07, 6.45) is 7.17. The number of hydrogen-bond acceptors (Lipinski definition) is 6. The van der Waals surface area contributed by atoms with E-state index in [1.165, 1.54) is 0 Å². The van der Waals surface area contributed by atoms with Crippen molar-refractivity contribution in [3.63, 3.8) is 0 Å². The third-order valence-corrected chi connectivity index (χ3v) is 4.11. The van der Waals surface area contributed by atoms with Crippen LogP contribution in [0.2, 0.25) is 0 Å². The summed E-state index contributed by atoms with van der Waals surface area (Å²) in [7, 11) is 0. The predicted octanol–water partition coefficient (Wildman–Crippen LogP) is 3.20. The van der Waals surface area contributed by atoms with Crippen molar-refractivity contribution in [2.24, 2.45) is 4.99 Å². The fourth-order valence-corrected chi connectivity index (χ4v) is 3.23. The van der Waals surface area contributed by atoms with Crippen LogP contribution >= 0.6 is 0 Å². The summed E-state index contributed by atoms with van der Waals surface area (Å²) >= 11 is 0. The van der Waals surface area contributed by atoms with Crippen LogP contribution in [0.5, 0.6) is 0 Å². The minimum absolute atomic E-state index is 0.157. The van der Waals surface area contributed by atoms with E-state index < -0.39 is 0 Å². The van der Waals surface area contributed by atoms with Gasteiger partial charge in [-0.1, -0.05) is 20.8 Å². The topological polar surface area (TPSA) is 95.5 Å². The zero-order valence-corrected chi connectivity index (χ0v) is 14.3. The van der Waals surface area contributed by atoms with E-state index in [1.54, 1.807) is 18.6 Å². The van der Waals surface area contributed by atoms with Gasteiger partial charge in [0.25, 0.3) is 12.5 Å². The molecule has 6 heteroatoms. The first-order valence-electron chi connectivity index (χ1n) is 7.92. The summed E-state index contributed by atoms with van der Waals surface area (Å²) in [6.45, 7) is 6.59. The fourth-order valence-electron chi connectivity index (χ4n) is 3.23. The van der Waals surface area contributed by atoms with Gasteiger partial charge in [0.15, 0.2) is 0 Å². The third kappa shape index (κ3) is 4.13. The monoisotopic (exact) mass is 327 g/mol. The summed E-state index contributed by atoms with van der Waals surface area (Å²) < 4.78 is 9.98. The smallest absolute Gasteiger partial charge is 0.286 e. The number of isocyanates is 1. The molecule has 0 aromatic heterocycles. The maximum atomic E-state index is 10.6. The number of rotatable bonds is 9. The maximum absolute atomic E-state index is 10.6. The van der Waals surface area contributed by atoms with Gasteiger partial charge < -0.3 is 9.47 Å². The Kier molecular flexibility index (Phi) is 8.05. The number of carbonyl (C=O) groups excluding carboxylic acids is 1. The van der Waals surface area contributed by atoms with Crippen LogP contribution < -0.4 is 0 Å². The van der Waals surface area contributed by atoms with Crippen LogP contribution in [-0.4, -0.2) is 6.08 Å². The van der Waals surface area contributed by atoms with Gasteiger partial charge in [-0.3, -0.25) is 0 Å². The average Bonchev–Trinajstić information content (AvgIpc) is 2.61. The number of ether oxygens (including phenoxy) is 2. The lowest BCUT2D eigenvalue weighted by Crippen LogP contribution is -2.14. The number of benzene rings is 1. The van der Waals surface area contributed by atoms with Crippen molar-refractivity contribution in [1.82, 2.24) is 0 Å². The minimum Gasteiger partial charge on any atom is -0.423 e. The molecule has 0 N–H and O–H groups in total. The van der Waals surface area contributed by atoms with Crippen molar-refractivity contribution in [1.29, 1.82) is 10.5 Å². The van der Waals surface area contributed by atoms with Crippen LogP contribution in [0, 0.1) is 23.0 Å². The summed E-state index contributed by atoms with van der Waals surface area (Å²) in [4.78, 5) is 14.3. The van der Waals surface area contributed by atoms with Gasteiger partial charge >= 0.3 is 0 Å². The quantitative estimate of drug-likeness (QED) is 0.394. The second-order valence-corrected chi connectivity index (χ2v) is 5.10. The Morgan fingerprint density at radius 3 is 1.54 bits per heavy atom. The molecule has 0 aliphatic rings. The van der Waals surface area contributed by atoms with Gasteiger partial charge in [-0.2, -0.15) is 10.5 Å². The highest BCUT2D eigenvalue weighted by Gasteiger charge is 2.21. The lowest BCUT2D eigenvalue weighted by molar-refractivity contribution is 0.248. The van der Waals surface area contributed by atoms with Gasteiger partial charge in [0.1, 0.15) is 13.2 Å². The normalized spacial score (nSPS) is 9.54. The highest BCUT2D eigenvalue weighted by atomic mass is 16.5. The summed E-state index contributed by atoms with van der Waals surface area (Å²) in [5, 5.41) is 17.5. The second-order valence-electron chi connectivity index (χ2n) is 5.10.